The molecule has 0 spiro atoms. The molecule has 1 aliphatic carbocycles. The third kappa shape index (κ3) is 5.47. The van der Waals surface area contributed by atoms with E-state index in [4.69, 9.17) is 9.47 Å². The lowest BCUT2D eigenvalue weighted by Crippen LogP contribution is -2.42. The molecule has 0 aliphatic heterocycles. The first-order valence-corrected chi connectivity index (χ1v) is 6.05. The molecule has 1 saturated carbocycles. The highest BCUT2D eigenvalue weighted by atomic mass is 16.5. The number of rotatable bonds is 8. The molecule has 0 aromatic rings. The van der Waals surface area contributed by atoms with Crippen LogP contribution in [0.1, 0.15) is 33.1 Å². The van der Waals surface area contributed by atoms with Gasteiger partial charge in [-0.2, -0.15) is 0 Å². The maximum absolute atomic E-state index is 11.4. The van der Waals surface area contributed by atoms with Crippen LogP contribution in [0.5, 0.6) is 0 Å². The molecular weight excluding hydrogens is 206 g/mol. The quantitative estimate of drug-likeness (QED) is 0.504. The molecule has 1 rings (SSSR count). The van der Waals surface area contributed by atoms with E-state index in [9.17, 15) is 4.79 Å². The van der Waals surface area contributed by atoms with Gasteiger partial charge in [0.15, 0.2) is 0 Å². The third-order valence-electron chi connectivity index (χ3n) is 2.62. The maximum atomic E-state index is 11.4. The molecule has 0 aromatic carbocycles. The number of esters is 1. The van der Waals surface area contributed by atoms with Gasteiger partial charge in [-0.1, -0.05) is 13.8 Å². The van der Waals surface area contributed by atoms with Crippen molar-refractivity contribution in [2.45, 2.75) is 45.2 Å². The average molecular weight is 229 g/mol. The molecule has 94 valence electrons. The van der Waals surface area contributed by atoms with E-state index in [-0.39, 0.29) is 12.0 Å². The molecule has 0 radical (unpaired) electrons. The van der Waals surface area contributed by atoms with Gasteiger partial charge in [0.2, 0.25) is 0 Å². The van der Waals surface area contributed by atoms with Crippen LogP contribution in [0.15, 0.2) is 0 Å². The summed E-state index contributed by atoms with van der Waals surface area (Å²) in [4.78, 5) is 11.4. The monoisotopic (exact) mass is 229 g/mol. The van der Waals surface area contributed by atoms with Crippen LogP contribution in [0.2, 0.25) is 0 Å². The van der Waals surface area contributed by atoms with Crippen molar-refractivity contribution < 1.29 is 14.3 Å². The summed E-state index contributed by atoms with van der Waals surface area (Å²) in [5, 5.41) is 3.23. The minimum Gasteiger partial charge on any atom is -0.468 e. The topological polar surface area (TPSA) is 47.6 Å². The number of carbonyl (C=O) groups excluding carboxylic acids is 1. The van der Waals surface area contributed by atoms with Crippen molar-refractivity contribution in [3.8, 4) is 0 Å². The van der Waals surface area contributed by atoms with Crippen molar-refractivity contribution in [3.63, 3.8) is 0 Å². The molecule has 4 nitrogen and oxygen atoms in total. The number of nitrogens with one attached hydrogen (secondary N) is 1. The summed E-state index contributed by atoms with van der Waals surface area (Å²) in [6, 6.07) is 0.183. The number of carbonyl (C=O) groups is 1. The van der Waals surface area contributed by atoms with Crippen LogP contribution in [0.3, 0.4) is 0 Å². The van der Waals surface area contributed by atoms with Crippen LogP contribution in [-0.4, -0.2) is 38.4 Å². The van der Waals surface area contributed by atoms with E-state index in [1.165, 1.54) is 7.11 Å². The maximum Gasteiger partial charge on any atom is 0.325 e. The standard InChI is InChI=1S/C12H23NO3/c1-9(2)6-7-16-8-11(12(14)15-3)13-10-4-5-10/h9-11,13H,4-8H2,1-3H3. The zero-order chi connectivity index (χ0) is 12.0. The predicted molar refractivity (Wildman–Crippen MR) is 62.2 cm³/mol. The van der Waals surface area contributed by atoms with Gasteiger partial charge in [-0.15, -0.1) is 0 Å². The second-order valence-electron chi connectivity index (χ2n) is 4.77. The highest BCUT2D eigenvalue weighted by molar-refractivity contribution is 5.75. The Morgan fingerprint density at radius 1 is 1.44 bits per heavy atom. The molecule has 4 heteroatoms. The fourth-order valence-electron chi connectivity index (χ4n) is 1.38. The minimum atomic E-state index is -0.301. The molecule has 0 amide bonds. The Balaban J connectivity index is 2.18. The summed E-state index contributed by atoms with van der Waals surface area (Å²) < 4.78 is 10.2. The normalized spacial score (nSPS) is 17.5. The van der Waals surface area contributed by atoms with E-state index < -0.39 is 0 Å². The fourth-order valence-corrected chi connectivity index (χ4v) is 1.38. The molecular formula is C12H23NO3. The van der Waals surface area contributed by atoms with E-state index >= 15 is 0 Å². The molecule has 0 aromatic heterocycles. The van der Waals surface area contributed by atoms with E-state index in [0.717, 1.165) is 19.3 Å². The van der Waals surface area contributed by atoms with Crippen LogP contribution < -0.4 is 5.32 Å². The highest BCUT2D eigenvalue weighted by Gasteiger charge is 2.28. The number of ether oxygens (including phenoxy) is 2. The number of hydrogen-bond donors (Lipinski definition) is 1. The molecule has 1 fully saturated rings. The van der Waals surface area contributed by atoms with Gasteiger partial charge in [0, 0.05) is 12.6 Å². The zero-order valence-corrected chi connectivity index (χ0v) is 10.5. The molecule has 0 bridgehead atoms. The van der Waals surface area contributed by atoms with Crippen molar-refractivity contribution >= 4 is 5.97 Å². The van der Waals surface area contributed by atoms with Crippen LogP contribution in [0, 0.1) is 5.92 Å². The van der Waals surface area contributed by atoms with Crippen molar-refractivity contribution in [2.75, 3.05) is 20.3 Å². The van der Waals surface area contributed by atoms with Crippen LogP contribution in [0.4, 0.5) is 0 Å². The van der Waals surface area contributed by atoms with Gasteiger partial charge >= 0.3 is 5.97 Å². The lowest BCUT2D eigenvalue weighted by Gasteiger charge is -2.16. The van der Waals surface area contributed by atoms with Gasteiger partial charge < -0.3 is 9.47 Å². The summed E-state index contributed by atoms with van der Waals surface area (Å²) in [5.74, 6) is 0.407. The van der Waals surface area contributed by atoms with Gasteiger partial charge in [-0.3, -0.25) is 10.1 Å². The van der Waals surface area contributed by atoms with Crippen molar-refractivity contribution in [1.29, 1.82) is 0 Å². The van der Waals surface area contributed by atoms with Gasteiger partial charge in [0.05, 0.1) is 13.7 Å². The van der Waals surface area contributed by atoms with E-state index in [0.29, 0.717) is 25.2 Å². The molecule has 0 saturated heterocycles. The summed E-state index contributed by atoms with van der Waals surface area (Å²) in [5.41, 5.74) is 0. The molecule has 16 heavy (non-hydrogen) atoms. The predicted octanol–water partition coefficient (Wildman–Crippen LogP) is 1.34. The lowest BCUT2D eigenvalue weighted by molar-refractivity contribution is -0.144. The third-order valence-corrected chi connectivity index (χ3v) is 2.62. The number of methoxy groups -OCH3 is 1. The molecule has 1 aliphatic rings. The van der Waals surface area contributed by atoms with E-state index in [2.05, 4.69) is 19.2 Å². The van der Waals surface area contributed by atoms with Crippen molar-refractivity contribution in [1.82, 2.24) is 5.32 Å². The van der Waals surface area contributed by atoms with Crippen molar-refractivity contribution in [3.05, 3.63) is 0 Å². The van der Waals surface area contributed by atoms with Crippen molar-refractivity contribution in [2.24, 2.45) is 5.92 Å². The van der Waals surface area contributed by atoms with E-state index in [1.54, 1.807) is 0 Å². The summed E-state index contributed by atoms with van der Waals surface area (Å²) in [7, 11) is 1.41. The first-order chi connectivity index (χ1) is 7.63. The van der Waals surface area contributed by atoms with Gasteiger partial charge in [0.1, 0.15) is 6.04 Å². The fraction of sp³-hybridized carbons (Fsp3) is 0.917. The first-order valence-electron chi connectivity index (χ1n) is 6.05. The van der Waals surface area contributed by atoms with Crippen LogP contribution in [-0.2, 0) is 14.3 Å². The van der Waals surface area contributed by atoms with E-state index in [1.807, 2.05) is 0 Å². The summed E-state index contributed by atoms with van der Waals surface area (Å²) in [6.07, 6.45) is 3.33. The Morgan fingerprint density at radius 2 is 2.12 bits per heavy atom. The molecule has 1 atom stereocenters. The second-order valence-corrected chi connectivity index (χ2v) is 4.77. The molecule has 1 N–H and O–H groups in total. The highest BCUT2D eigenvalue weighted by Crippen LogP contribution is 2.19. The summed E-state index contributed by atoms with van der Waals surface area (Å²) in [6.45, 7) is 5.43. The molecule has 1 unspecified atom stereocenters. The van der Waals surface area contributed by atoms with Crippen LogP contribution in [0.25, 0.3) is 0 Å². The van der Waals surface area contributed by atoms with Gasteiger partial charge in [0.25, 0.3) is 0 Å². The average Bonchev–Trinajstić information content (AvgIpc) is 3.05. The Morgan fingerprint density at radius 3 is 2.62 bits per heavy atom. The molecule has 0 heterocycles. The first kappa shape index (κ1) is 13.5. The Hall–Kier alpha value is -0.610. The minimum absolute atomic E-state index is 0.226. The smallest absolute Gasteiger partial charge is 0.325 e. The van der Waals surface area contributed by atoms with Gasteiger partial charge in [-0.25, -0.2) is 0 Å². The lowest BCUT2D eigenvalue weighted by atomic mass is 10.1. The zero-order valence-electron chi connectivity index (χ0n) is 10.5. The summed E-state index contributed by atoms with van der Waals surface area (Å²) >= 11 is 0. The Kier molecular flexibility index (Phi) is 5.77. The Bertz CT molecular complexity index is 214. The second kappa shape index (κ2) is 6.86. The number of hydrogen-bond acceptors (Lipinski definition) is 4. The van der Waals surface area contributed by atoms with Crippen LogP contribution >= 0.6 is 0 Å². The van der Waals surface area contributed by atoms with Gasteiger partial charge in [-0.05, 0) is 25.2 Å². The SMILES string of the molecule is COC(=O)C(COCCC(C)C)NC1CC1. The largest absolute Gasteiger partial charge is 0.468 e. The Labute approximate surface area is 97.7 Å².